The van der Waals surface area contributed by atoms with E-state index in [1.165, 1.54) is 12.1 Å². The van der Waals surface area contributed by atoms with Crippen LogP contribution in [-0.2, 0) is 16.0 Å². The van der Waals surface area contributed by atoms with Gasteiger partial charge in [0.15, 0.2) is 5.96 Å². The predicted molar refractivity (Wildman–Crippen MR) is 88.5 cm³/mol. The van der Waals surface area contributed by atoms with Gasteiger partial charge in [-0.15, -0.1) is 0 Å². The van der Waals surface area contributed by atoms with Gasteiger partial charge in [-0.25, -0.2) is 4.79 Å². The van der Waals surface area contributed by atoms with E-state index < -0.39 is 24.0 Å². The van der Waals surface area contributed by atoms with Crippen molar-refractivity contribution in [2.24, 2.45) is 11.5 Å². The molecule has 0 bridgehead atoms. The number of hydrogen-bond acceptors (Lipinski definition) is 5. The van der Waals surface area contributed by atoms with Crippen molar-refractivity contribution < 1.29 is 19.8 Å². The summed E-state index contributed by atoms with van der Waals surface area (Å²) in [5, 5.41) is 30.5. The Labute approximate surface area is 139 Å². The number of nitrogens with one attached hydrogen (secondary N) is 3. The third-order valence-electron chi connectivity index (χ3n) is 3.33. The highest BCUT2D eigenvalue weighted by Crippen LogP contribution is 2.11. The van der Waals surface area contributed by atoms with E-state index in [0.29, 0.717) is 24.9 Å². The van der Waals surface area contributed by atoms with E-state index in [9.17, 15) is 19.8 Å². The summed E-state index contributed by atoms with van der Waals surface area (Å²) in [6.07, 6.45) is 0.932. The van der Waals surface area contributed by atoms with Crippen LogP contribution in [0.2, 0.25) is 0 Å². The molecule has 0 aliphatic heterocycles. The van der Waals surface area contributed by atoms with Crippen LogP contribution in [0, 0.1) is 5.41 Å². The van der Waals surface area contributed by atoms with Crippen LogP contribution < -0.4 is 22.1 Å². The standard InChI is InChI=1S/C15H23N5O4/c16-11(2-1-7-19-15(17)18)13(22)20-12(14(23)24)8-9-3-5-10(21)6-4-9/h3-6,11-12,21H,1-2,7-8,16H2,(H,20,22)(H,23,24)(H4,17,18,19)/t11?,12-/m0/s1. The van der Waals surface area contributed by atoms with E-state index in [1.54, 1.807) is 12.1 Å². The van der Waals surface area contributed by atoms with Gasteiger partial charge in [0.25, 0.3) is 0 Å². The van der Waals surface area contributed by atoms with Gasteiger partial charge in [-0.3, -0.25) is 10.2 Å². The fourth-order valence-corrected chi connectivity index (χ4v) is 2.02. The van der Waals surface area contributed by atoms with Crippen molar-refractivity contribution in [1.29, 1.82) is 5.41 Å². The fraction of sp³-hybridized carbons (Fsp3) is 0.400. The van der Waals surface area contributed by atoms with E-state index in [4.69, 9.17) is 16.9 Å². The zero-order chi connectivity index (χ0) is 18.1. The molecular weight excluding hydrogens is 314 g/mol. The topological polar surface area (TPSA) is 175 Å². The van der Waals surface area contributed by atoms with Gasteiger partial charge in [-0.1, -0.05) is 12.1 Å². The number of carboxylic acids is 1. The molecular formula is C15H23N5O4. The van der Waals surface area contributed by atoms with Gasteiger partial charge in [-0.05, 0) is 30.5 Å². The number of phenols is 1. The summed E-state index contributed by atoms with van der Waals surface area (Å²) in [6.45, 7) is 0.409. The Morgan fingerprint density at radius 2 is 1.88 bits per heavy atom. The van der Waals surface area contributed by atoms with Crippen LogP contribution in [-0.4, -0.2) is 46.7 Å². The average Bonchev–Trinajstić information content (AvgIpc) is 2.52. The number of carbonyl (C=O) groups excluding carboxylic acids is 1. The first-order chi connectivity index (χ1) is 11.3. The van der Waals surface area contributed by atoms with E-state index in [-0.39, 0.29) is 18.1 Å². The molecule has 2 atom stereocenters. The minimum atomic E-state index is -1.16. The molecule has 9 nitrogen and oxygen atoms in total. The number of rotatable bonds is 9. The molecule has 0 saturated heterocycles. The zero-order valence-corrected chi connectivity index (χ0v) is 13.2. The maximum atomic E-state index is 12.0. The second-order valence-electron chi connectivity index (χ2n) is 5.36. The lowest BCUT2D eigenvalue weighted by Gasteiger charge is -2.18. The highest BCUT2D eigenvalue weighted by Gasteiger charge is 2.23. The number of nitrogens with two attached hydrogens (primary N) is 2. The van der Waals surface area contributed by atoms with Gasteiger partial charge in [0, 0.05) is 13.0 Å². The van der Waals surface area contributed by atoms with E-state index in [1.807, 2.05) is 0 Å². The largest absolute Gasteiger partial charge is 0.508 e. The molecule has 0 spiro atoms. The molecule has 132 valence electrons. The normalized spacial score (nSPS) is 12.9. The van der Waals surface area contributed by atoms with Gasteiger partial charge >= 0.3 is 5.97 Å². The average molecular weight is 337 g/mol. The zero-order valence-electron chi connectivity index (χ0n) is 13.2. The quantitative estimate of drug-likeness (QED) is 0.173. The molecule has 1 aromatic carbocycles. The molecule has 1 amide bonds. The first-order valence-corrected chi connectivity index (χ1v) is 7.44. The molecule has 1 unspecified atom stereocenters. The first kappa shape index (κ1) is 19.2. The Balaban J connectivity index is 2.51. The summed E-state index contributed by atoms with van der Waals surface area (Å²) in [5.41, 5.74) is 11.5. The fourth-order valence-electron chi connectivity index (χ4n) is 2.02. The van der Waals surface area contributed by atoms with Crippen molar-refractivity contribution in [3.63, 3.8) is 0 Å². The number of aromatic hydroxyl groups is 1. The predicted octanol–water partition coefficient (Wildman–Crippen LogP) is -0.905. The molecule has 0 heterocycles. The highest BCUT2D eigenvalue weighted by atomic mass is 16.4. The molecule has 0 aliphatic carbocycles. The number of amides is 1. The molecule has 0 aliphatic rings. The number of carbonyl (C=O) groups is 2. The summed E-state index contributed by atoms with van der Waals surface area (Å²) in [7, 11) is 0. The Morgan fingerprint density at radius 1 is 1.25 bits per heavy atom. The number of benzene rings is 1. The van der Waals surface area contributed by atoms with Crippen molar-refractivity contribution in [1.82, 2.24) is 10.6 Å². The van der Waals surface area contributed by atoms with Crippen molar-refractivity contribution in [3.8, 4) is 5.75 Å². The molecule has 0 fully saturated rings. The number of hydrogen-bond donors (Lipinski definition) is 7. The summed E-state index contributed by atoms with van der Waals surface area (Å²) < 4.78 is 0. The highest BCUT2D eigenvalue weighted by molar-refractivity contribution is 5.86. The third-order valence-corrected chi connectivity index (χ3v) is 3.33. The minimum Gasteiger partial charge on any atom is -0.508 e. The van der Waals surface area contributed by atoms with Gasteiger partial charge < -0.3 is 32.3 Å². The number of carboxylic acid groups (broad SMARTS) is 1. The van der Waals surface area contributed by atoms with Crippen LogP contribution >= 0.6 is 0 Å². The summed E-state index contributed by atoms with van der Waals surface area (Å²) in [4.78, 5) is 23.3. The second kappa shape index (κ2) is 9.36. The lowest BCUT2D eigenvalue weighted by Crippen LogP contribution is -2.49. The number of phenolic OH excluding ortho intramolecular Hbond substituents is 1. The van der Waals surface area contributed by atoms with Crippen LogP contribution in [0.3, 0.4) is 0 Å². The van der Waals surface area contributed by atoms with Crippen molar-refractivity contribution in [2.45, 2.75) is 31.3 Å². The number of guanidine groups is 1. The summed E-state index contributed by atoms with van der Waals surface area (Å²) >= 11 is 0. The van der Waals surface area contributed by atoms with E-state index in [2.05, 4.69) is 10.6 Å². The minimum absolute atomic E-state index is 0.0795. The molecule has 0 saturated carbocycles. The first-order valence-electron chi connectivity index (χ1n) is 7.44. The molecule has 0 aromatic heterocycles. The van der Waals surface area contributed by atoms with Crippen LogP contribution in [0.4, 0.5) is 0 Å². The van der Waals surface area contributed by atoms with Crippen molar-refractivity contribution >= 4 is 17.8 Å². The molecule has 1 rings (SSSR count). The van der Waals surface area contributed by atoms with Crippen LogP contribution in [0.1, 0.15) is 18.4 Å². The van der Waals surface area contributed by atoms with Crippen LogP contribution in [0.25, 0.3) is 0 Å². The Morgan fingerprint density at radius 3 is 2.42 bits per heavy atom. The van der Waals surface area contributed by atoms with Crippen LogP contribution in [0.15, 0.2) is 24.3 Å². The van der Waals surface area contributed by atoms with E-state index in [0.717, 1.165) is 0 Å². The lowest BCUT2D eigenvalue weighted by molar-refractivity contribution is -0.142. The molecule has 9 heteroatoms. The Kier molecular flexibility index (Phi) is 7.50. The maximum Gasteiger partial charge on any atom is 0.326 e. The van der Waals surface area contributed by atoms with Gasteiger partial charge in [0.05, 0.1) is 6.04 Å². The second-order valence-corrected chi connectivity index (χ2v) is 5.36. The summed E-state index contributed by atoms with van der Waals surface area (Å²) in [5.74, 6) is -1.80. The van der Waals surface area contributed by atoms with E-state index >= 15 is 0 Å². The molecule has 24 heavy (non-hydrogen) atoms. The Bertz CT molecular complexity index is 576. The maximum absolute atomic E-state index is 12.0. The number of aliphatic carboxylic acids is 1. The van der Waals surface area contributed by atoms with Crippen LogP contribution in [0.5, 0.6) is 5.75 Å². The lowest BCUT2D eigenvalue weighted by atomic mass is 10.0. The van der Waals surface area contributed by atoms with Gasteiger partial charge in [-0.2, -0.15) is 0 Å². The molecule has 0 radical (unpaired) electrons. The van der Waals surface area contributed by atoms with Gasteiger partial charge in [0.2, 0.25) is 5.91 Å². The smallest absolute Gasteiger partial charge is 0.326 e. The van der Waals surface area contributed by atoms with Gasteiger partial charge in [0.1, 0.15) is 11.8 Å². The Hall–Kier alpha value is -2.81. The SMILES string of the molecule is N=C(N)NCCCC(N)C(=O)N[C@@H](Cc1ccc(O)cc1)C(=O)O. The molecule has 9 N–H and O–H groups in total. The third kappa shape index (κ3) is 6.97. The van der Waals surface area contributed by atoms with Crippen molar-refractivity contribution in [2.75, 3.05) is 6.54 Å². The monoisotopic (exact) mass is 337 g/mol. The van der Waals surface area contributed by atoms with Crippen molar-refractivity contribution in [3.05, 3.63) is 29.8 Å². The summed E-state index contributed by atoms with van der Waals surface area (Å²) in [6, 6.07) is 4.12. The molecule has 1 aromatic rings.